The summed E-state index contributed by atoms with van der Waals surface area (Å²) in [5.41, 5.74) is 0.687. The average Bonchev–Trinajstić information content (AvgIpc) is 2.27. The predicted octanol–water partition coefficient (Wildman–Crippen LogP) is 3.51. The molecule has 0 bridgehead atoms. The smallest absolute Gasteiger partial charge is 0.211 e. The van der Waals surface area contributed by atoms with Gasteiger partial charge in [-0.2, -0.15) is 4.31 Å². The van der Waals surface area contributed by atoms with Crippen LogP contribution in [0.5, 0.6) is 0 Å². The number of hydrogen-bond donors (Lipinski definition) is 0. The molecule has 0 heterocycles. The molecule has 0 aliphatic carbocycles. The standard InChI is InChI=1S/C10H12Cl3NO2S/c1-7(14(2)17(15,16)6-11)9-4-3-8(12)5-10(9)13/h3-5,7H,6H2,1-2H3. The summed E-state index contributed by atoms with van der Waals surface area (Å²) >= 11 is 17.2. The SMILES string of the molecule is CC(c1ccc(Cl)cc1Cl)N(C)S(=O)(=O)CCl. The zero-order valence-corrected chi connectivity index (χ0v) is 12.4. The van der Waals surface area contributed by atoms with E-state index in [1.807, 2.05) is 0 Å². The molecular formula is C10H12Cl3NO2S. The Labute approximate surface area is 116 Å². The van der Waals surface area contributed by atoms with Gasteiger partial charge in [0, 0.05) is 23.1 Å². The molecule has 1 aromatic carbocycles. The maximum atomic E-state index is 11.6. The lowest BCUT2D eigenvalue weighted by Crippen LogP contribution is -2.30. The van der Waals surface area contributed by atoms with E-state index in [-0.39, 0.29) is 0 Å². The average molecular weight is 317 g/mol. The fraction of sp³-hybridized carbons (Fsp3) is 0.400. The predicted molar refractivity (Wildman–Crippen MR) is 72.3 cm³/mol. The third kappa shape index (κ3) is 3.48. The minimum atomic E-state index is -3.47. The van der Waals surface area contributed by atoms with Crippen LogP contribution >= 0.6 is 34.8 Å². The van der Waals surface area contributed by atoms with E-state index in [0.29, 0.717) is 15.6 Å². The summed E-state index contributed by atoms with van der Waals surface area (Å²) in [5.74, 6) is 0. The molecule has 1 unspecified atom stereocenters. The van der Waals surface area contributed by atoms with Gasteiger partial charge in [0.1, 0.15) is 5.21 Å². The molecule has 96 valence electrons. The monoisotopic (exact) mass is 315 g/mol. The van der Waals surface area contributed by atoms with Crippen LogP contribution in [0.15, 0.2) is 18.2 Å². The van der Waals surface area contributed by atoms with Crippen LogP contribution in [0.2, 0.25) is 10.0 Å². The number of nitrogens with zero attached hydrogens (tertiary/aromatic N) is 1. The Bertz CT molecular complexity index is 504. The molecule has 0 fully saturated rings. The highest BCUT2D eigenvalue weighted by Gasteiger charge is 2.24. The van der Waals surface area contributed by atoms with E-state index in [0.717, 1.165) is 0 Å². The topological polar surface area (TPSA) is 37.4 Å². The molecule has 0 radical (unpaired) electrons. The summed E-state index contributed by atoms with van der Waals surface area (Å²) in [7, 11) is -2.00. The first kappa shape index (κ1) is 15.1. The fourth-order valence-electron chi connectivity index (χ4n) is 1.35. The molecule has 17 heavy (non-hydrogen) atoms. The molecule has 0 aliphatic heterocycles. The van der Waals surface area contributed by atoms with E-state index in [2.05, 4.69) is 0 Å². The van der Waals surface area contributed by atoms with Crippen LogP contribution in [0.3, 0.4) is 0 Å². The van der Waals surface area contributed by atoms with Gasteiger partial charge < -0.3 is 0 Å². The van der Waals surface area contributed by atoms with E-state index in [9.17, 15) is 8.42 Å². The normalized spacial score (nSPS) is 14.0. The van der Waals surface area contributed by atoms with Gasteiger partial charge in [-0.05, 0) is 24.6 Å². The fourth-order valence-corrected chi connectivity index (χ4v) is 3.13. The Kier molecular flexibility index (Phi) is 5.10. The van der Waals surface area contributed by atoms with Crippen LogP contribution in [0.4, 0.5) is 0 Å². The molecule has 3 nitrogen and oxygen atoms in total. The number of halogens is 3. The van der Waals surface area contributed by atoms with Crippen molar-refractivity contribution in [2.24, 2.45) is 0 Å². The third-order valence-electron chi connectivity index (χ3n) is 2.53. The van der Waals surface area contributed by atoms with Crippen molar-refractivity contribution in [3.63, 3.8) is 0 Å². The van der Waals surface area contributed by atoms with Crippen molar-refractivity contribution in [1.82, 2.24) is 4.31 Å². The third-order valence-corrected chi connectivity index (χ3v) is 5.39. The highest BCUT2D eigenvalue weighted by molar-refractivity contribution is 7.90. The summed E-state index contributed by atoms with van der Waals surface area (Å²) in [6, 6.07) is 4.55. The van der Waals surface area contributed by atoms with Crippen LogP contribution in [0.1, 0.15) is 18.5 Å². The summed E-state index contributed by atoms with van der Waals surface area (Å²) in [6.45, 7) is 1.74. The van der Waals surface area contributed by atoms with Gasteiger partial charge in [0.25, 0.3) is 0 Å². The minimum Gasteiger partial charge on any atom is -0.211 e. The Morgan fingerprint density at radius 1 is 1.35 bits per heavy atom. The Balaban J connectivity index is 3.09. The molecule has 0 N–H and O–H groups in total. The van der Waals surface area contributed by atoms with E-state index in [4.69, 9.17) is 34.8 Å². The molecular weight excluding hydrogens is 305 g/mol. The van der Waals surface area contributed by atoms with Gasteiger partial charge >= 0.3 is 0 Å². The van der Waals surface area contributed by atoms with Crippen LogP contribution in [0, 0.1) is 0 Å². The van der Waals surface area contributed by atoms with Gasteiger partial charge in [-0.1, -0.05) is 29.3 Å². The zero-order chi connectivity index (χ0) is 13.2. The molecule has 0 aromatic heterocycles. The molecule has 1 aromatic rings. The lowest BCUT2D eigenvalue weighted by atomic mass is 10.1. The molecule has 0 aliphatic rings. The van der Waals surface area contributed by atoms with Crippen molar-refractivity contribution in [3.8, 4) is 0 Å². The maximum absolute atomic E-state index is 11.6. The van der Waals surface area contributed by atoms with E-state index in [1.54, 1.807) is 25.1 Å². The maximum Gasteiger partial charge on any atom is 0.228 e. The first-order valence-corrected chi connectivity index (χ1v) is 7.66. The van der Waals surface area contributed by atoms with Gasteiger partial charge in [0.15, 0.2) is 0 Å². The van der Waals surface area contributed by atoms with E-state index < -0.39 is 21.3 Å². The van der Waals surface area contributed by atoms with Gasteiger partial charge in [-0.3, -0.25) is 0 Å². The number of rotatable bonds is 4. The lowest BCUT2D eigenvalue weighted by Gasteiger charge is -2.24. The second-order valence-electron chi connectivity index (χ2n) is 3.58. The van der Waals surface area contributed by atoms with Crippen LogP contribution in [-0.4, -0.2) is 25.0 Å². The van der Waals surface area contributed by atoms with Gasteiger partial charge in [-0.15, -0.1) is 11.6 Å². The second kappa shape index (κ2) is 5.76. The molecule has 0 spiro atoms. The molecule has 0 amide bonds. The first-order chi connectivity index (χ1) is 7.79. The van der Waals surface area contributed by atoms with E-state index in [1.165, 1.54) is 11.4 Å². The van der Waals surface area contributed by atoms with Crippen molar-refractivity contribution in [2.75, 3.05) is 12.3 Å². The molecule has 1 atom stereocenters. The summed E-state index contributed by atoms with van der Waals surface area (Å²) in [6.07, 6.45) is 0. The minimum absolute atomic E-state index is 0.400. The highest BCUT2D eigenvalue weighted by Crippen LogP contribution is 2.30. The summed E-state index contributed by atoms with van der Waals surface area (Å²) in [4.78, 5) is 0. The second-order valence-corrected chi connectivity index (χ2v) is 7.04. The Morgan fingerprint density at radius 3 is 2.41 bits per heavy atom. The highest BCUT2D eigenvalue weighted by atomic mass is 35.5. The number of benzene rings is 1. The van der Waals surface area contributed by atoms with Crippen molar-refractivity contribution >= 4 is 44.8 Å². The quantitative estimate of drug-likeness (QED) is 0.797. The van der Waals surface area contributed by atoms with Crippen LogP contribution in [-0.2, 0) is 10.0 Å². The van der Waals surface area contributed by atoms with E-state index >= 15 is 0 Å². The van der Waals surface area contributed by atoms with Crippen LogP contribution < -0.4 is 0 Å². The van der Waals surface area contributed by atoms with Gasteiger partial charge in [-0.25, -0.2) is 8.42 Å². The lowest BCUT2D eigenvalue weighted by molar-refractivity contribution is 0.401. The van der Waals surface area contributed by atoms with Crippen molar-refractivity contribution in [2.45, 2.75) is 13.0 Å². The van der Waals surface area contributed by atoms with Gasteiger partial charge in [0.05, 0.1) is 0 Å². The van der Waals surface area contributed by atoms with Crippen molar-refractivity contribution in [1.29, 1.82) is 0 Å². The number of hydrogen-bond acceptors (Lipinski definition) is 2. The van der Waals surface area contributed by atoms with Crippen molar-refractivity contribution in [3.05, 3.63) is 33.8 Å². The molecule has 7 heteroatoms. The van der Waals surface area contributed by atoms with Gasteiger partial charge in [0.2, 0.25) is 10.0 Å². The Hall–Kier alpha value is -0.000000000000000167. The number of sulfonamides is 1. The number of alkyl halides is 1. The summed E-state index contributed by atoms with van der Waals surface area (Å²) in [5, 5.41) is 0.481. The molecule has 0 saturated heterocycles. The zero-order valence-electron chi connectivity index (χ0n) is 9.32. The largest absolute Gasteiger partial charge is 0.228 e. The molecule has 0 saturated carbocycles. The van der Waals surface area contributed by atoms with Crippen molar-refractivity contribution < 1.29 is 8.42 Å². The Morgan fingerprint density at radius 2 is 1.94 bits per heavy atom. The van der Waals surface area contributed by atoms with Crippen LogP contribution in [0.25, 0.3) is 0 Å². The first-order valence-electron chi connectivity index (χ1n) is 4.76. The molecule has 1 rings (SSSR count). The summed E-state index contributed by atoms with van der Waals surface area (Å²) < 4.78 is 24.4.